The first-order chi connectivity index (χ1) is 22.7. The molecule has 0 bridgehead atoms. The van der Waals surface area contributed by atoms with Crippen molar-refractivity contribution >= 4 is 17.1 Å². The number of allylic oxidation sites excluding steroid dienone is 8. The Bertz CT molecular complexity index is 1500. The molecule has 1 aliphatic carbocycles. The number of anilines is 2. The van der Waals surface area contributed by atoms with E-state index in [-0.39, 0.29) is 10.8 Å². The van der Waals surface area contributed by atoms with Crippen molar-refractivity contribution in [1.82, 2.24) is 0 Å². The van der Waals surface area contributed by atoms with E-state index >= 15 is 0 Å². The van der Waals surface area contributed by atoms with Gasteiger partial charge in [-0.1, -0.05) is 90.1 Å². The second-order valence-corrected chi connectivity index (χ2v) is 15.2. The van der Waals surface area contributed by atoms with Crippen LogP contribution in [0.4, 0.5) is 11.4 Å². The Hall–Kier alpha value is -3.37. The van der Waals surface area contributed by atoms with Gasteiger partial charge in [0.25, 0.3) is 0 Å². The maximum atomic E-state index is 9.43. The highest BCUT2D eigenvalue weighted by molar-refractivity contribution is 6.12. The van der Waals surface area contributed by atoms with E-state index in [0.717, 1.165) is 70.6 Å². The minimum absolute atomic E-state index is 0.0263. The van der Waals surface area contributed by atoms with Crippen molar-refractivity contribution in [1.29, 1.82) is 0 Å². The van der Waals surface area contributed by atoms with Crippen LogP contribution in [0.5, 0.6) is 0 Å². The number of fused-ring (bicyclic) bond motifs is 2. The number of piperidine rings is 1. The Kier molecular flexibility index (Phi) is 9.99. The Morgan fingerprint density at radius 3 is 1.64 bits per heavy atom. The second-order valence-electron chi connectivity index (χ2n) is 15.2. The Morgan fingerprint density at radius 2 is 1.19 bits per heavy atom. The van der Waals surface area contributed by atoms with Gasteiger partial charge in [0.2, 0.25) is 5.71 Å². The van der Waals surface area contributed by atoms with Crippen molar-refractivity contribution in [2.24, 2.45) is 5.92 Å². The molecule has 0 spiro atoms. The third-order valence-corrected chi connectivity index (χ3v) is 11.4. The van der Waals surface area contributed by atoms with Gasteiger partial charge >= 0.3 is 0 Å². The molecule has 3 heterocycles. The maximum absolute atomic E-state index is 9.43. The molecule has 0 amide bonds. The van der Waals surface area contributed by atoms with E-state index in [1.807, 2.05) is 0 Å². The summed E-state index contributed by atoms with van der Waals surface area (Å²) in [6.45, 7) is 18.7. The smallest absolute Gasteiger partial charge is 0.206 e. The van der Waals surface area contributed by atoms with Crippen LogP contribution >= 0.6 is 0 Å². The zero-order valence-corrected chi connectivity index (χ0v) is 30.0. The summed E-state index contributed by atoms with van der Waals surface area (Å²) in [5.74, 6) is 0.727. The van der Waals surface area contributed by atoms with E-state index in [1.54, 1.807) is 0 Å². The number of para-hydroxylation sites is 2. The molecule has 2 aromatic rings. The molecule has 1 saturated carbocycles. The van der Waals surface area contributed by atoms with Crippen molar-refractivity contribution in [2.75, 3.05) is 42.6 Å². The fraction of sp³-hybridized carbons (Fsp3) is 0.512. The Labute approximate surface area is 284 Å². The second kappa shape index (κ2) is 14.0. The van der Waals surface area contributed by atoms with Crippen molar-refractivity contribution in [3.63, 3.8) is 0 Å². The average Bonchev–Trinajstić information content (AvgIpc) is 3.64. The van der Waals surface area contributed by atoms with Crippen LogP contribution in [0.25, 0.3) is 0 Å². The Balaban J connectivity index is 1.40. The molecule has 3 aliphatic heterocycles. The largest absolute Gasteiger partial charge is 0.396 e. The van der Waals surface area contributed by atoms with E-state index in [1.165, 1.54) is 63.6 Å². The predicted molar refractivity (Wildman–Crippen MR) is 200 cm³/mol. The molecule has 4 nitrogen and oxygen atoms in total. The molecule has 0 radical (unpaired) electrons. The predicted octanol–water partition coefficient (Wildman–Crippen LogP) is 9.45. The van der Waals surface area contributed by atoms with Crippen LogP contribution < -0.4 is 9.80 Å². The first-order valence-corrected chi connectivity index (χ1v) is 18.5. The van der Waals surface area contributed by atoms with E-state index in [9.17, 15) is 5.11 Å². The molecular weight excluding hydrogens is 574 g/mol. The van der Waals surface area contributed by atoms with Crippen LogP contribution in [-0.2, 0) is 10.8 Å². The number of aliphatic hydroxyl groups excluding tert-OH is 1. The third-order valence-electron chi connectivity index (χ3n) is 11.4. The summed E-state index contributed by atoms with van der Waals surface area (Å²) in [5.41, 5.74) is 12.8. The number of nitrogens with zero attached hydrogens (tertiary/aromatic N) is 3. The van der Waals surface area contributed by atoms with Gasteiger partial charge in [0, 0.05) is 77.3 Å². The van der Waals surface area contributed by atoms with Gasteiger partial charge in [0.05, 0.1) is 0 Å². The van der Waals surface area contributed by atoms with Crippen molar-refractivity contribution < 1.29 is 9.68 Å². The number of aliphatic hydroxyl groups is 1. The maximum Gasteiger partial charge on any atom is 0.206 e. The molecular formula is C43H58N3O+. The normalized spacial score (nSPS) is 25.1. The van der Waals surface area contributed by atoms with E-state index in [2.05, 4.69) is 129 Å². The van der Waals surface area contributed by atoms with Crippen LogP contribution in [0.3, 0.4) is 0 Å². The Morgan fingerprint density at radius 1 is 0.723 bits per heavy atom. The summed E-state index contributed by atoms with van der Waals surface area (Å²) in [6, 6.07) is 18.0. The summed E-state index contributed by atoms with van der Waals surface area (Å²) in [7, 11) is 0. The summed E-state index contributed by atoms with van der Waals surface area (Å²) in [4.78, 5) is 5.13. The summed E-state index contributed by atoms with van der Waals surface area (Å²) in [6.07, 6.45) is 18.8. The van der Waals surface area contributed by atoms with Gasteiger partial charge in [-0.05, 0) is 79.9 Å². The molecule has 4 aliphatic rings. The number of hydrogen-bond acceptors (Lipinski definition) is 3. The van der Waals surface area contributed by atoms with Gasteiger partial charge in [0.1, 0.15) is 13.1 Å². The average molecular weight is 633 g/mol. The SMILES string of the molecule is CCCN1/C(=C/C=C2\CC/C(=C\C=C3\N(CCC)c4ccccc4C3(C)C)C2=[N+]2CCC(CCCO)CC2)C(C)(C)c2ccccc21. The minimum Gasteiger partial charge on any atom is -0.396 e. The minimum atomic E-state index is -0.0263. The first-order valence-electron chi connectivity index (χ1n) is 18.5. The molecule has 47 heavy (non-hydrogen) atoms. The van der Waals surface area contributed by atoms with E-state index in [4.69, 9.17) is 0 Å². The number of hydrogen-bond donors (Lipinski definition) is 1. The molecule has 2 fully saturated rings. The number of benzene rings is 2. The molecule has 1 N–H and O–H groups in total. The first kappa shape index (κ1) is 33.5. The topological polar surface area (TPSA) is 29.7 Å². The van der Waals surface area contributed by atoms with E-state index in [0.29, 0.717) is 6.61 Å². The van der Waals surface area contributed by atoms with Crippen LogP contribution in [-0.4, -0.2) is 48.2 Å². The van der Waals surface area contributed by atoms with Gasteiger partial charge < -0.3 is 14.9 Å². The van der Waals surface area contributed by atoms with Gasteiger partial charge in [-0.3, -0.25) is 0 Å². The van der Waals surface area contributed by atoms with Gasteiger partial charge in [0.15, 0.2) is 0 Å². The van der Waals surface area contributed by atoms with Gasteiger partial charge in [-0.15, -0.1) is 0 Å². The lowest BCUT2D eigenvalue weighted by atomic mass is 9.83. The molecule has 2 aromatic carbocycles. The third kappa shape index (κ3) is 6.31. The zero-order chi connectivity index (χ0) is 33.2. The zero-order valence-electron chi connectivity index (χ0n) is 30.0. The molecule has 250 valence electrons. The fourth-order valence-corrected chi connectivity index (χ4v) is 8.84. The highest BCUT2D eigenvalue weighted by Gasteiger charge is 2.41. The number of rotatable bonds is 9. The highest BCUT2D eigenvalue weighted by Crippen LogP contribution is 2.49. The molecule has 4 heteroatoms. The standard InChI is InChI=1S/C43H58N3O/c1-7-27-45-37-17-11-9-15-35(37)42(3,4)39(45)23-21-33-19-20-34(41(33)44-29-25-32(26-30-44)14-13-31-47)22-24-40-43(5,6)36-16-10-12-18-38(36)46(40)28-8-2/h9-12,15-18,21-24,32,47H,7-8,13-14,19-20,25-31H2,1-6H3/q+1. The highest BCUT2D eigenvalue weighted by atomic mass is 16.2. The lowest BCUT2D eigenvalue weighted by molar-refractivity contribution is -0.540. The molecule has 0 atom stereocenters. The monoisotopic (exact) mass is 632 g/mol. The lowest BCUT2D eigenvalue weighted by Crippen LogP contribution is -2.31. The summed E-state index contributed by atoms with van der Waals surface area (Å²) < 4.78 is 2.70. The summed E-state index contributed by atoms with van der Waals surface area (Å²) in [5, 5.41) is 9.43. The lowest BCUT2D eigenvalue weighted by Gasteiger charge is -2.27. The van der Waals surface area contributed by atoms with Crippen molar-refractivity contribution in [3.05, 3.63) is 107 Å². The van der Waals surface area contributed by atoms with Crippen LogP contribution in [0.2, 0.25) is 0 Å². The van der Waals surface area contributed by atoms with Gasteiger partial charge in [-0.2, -0.15) is 0 Å². The molecule has 6 rings (SSSR count). The van der Waals surface area contributed by atoms with Crippen molar-refractivity contribution in [2.45, 2.75) is 104 Å². The molecule has 1 saturated heterocycles. The van der Waals surface area contributed by atoms with Crippen molar-refractivity contribution in [3.8, 4) is 0 Å². The van der Waals surface area contributed by atoms with Crippen LogP contribution in [0.15, 0.2) is 95.4 Å². The fourth-order valence-electron chi connectivity index (χ4n) is 8.84. The molecule has 0 unspecified atom stereocenters. The quantitative estimate of drug-likeness (QED) is 0.279. The summed E-state index contributed by atoms with van der Waals surface area (Å²) >= 11 is 0. The van der Waals surface area contributed by atoms with Crippen LogP contribution in [0.1, 0.15) is 104 Å². The molecule has 0 aromatic heterocycles. The van der Waals surface area contributed by atoms with Gasteiger partial charge in [-0.25, -0.2) is 4.58 Å². The van der Waals surface area contributed by atoms with Crippen LogP contribution in [0, 0.1) is 5.92 Å². The van der Waals surface area contributed by atoms with E-state index < -0.39 is 0 Å².